The number of allylic oxidation sites excluding steroid dienone is 3. The summed E-state index contributed by atoms with van der Waals surface area (Å²) in [6.07, 6.45) is 7.75. The summed E-state index contributed by atoms with van der Waals surface area (Å²) in [5.74, 6) is 0. The third kappa shape index (κ3) is 10.7. The quantitative estimate of drug-likeness (QED) is 0.427. The van der Waals surface area contributed by atoms with E-state index in [1.165, 1.54) is 34.4 Å². The molecule has 1 nitrogen and oxygen atoms in total. The predicted octanol–water partition coefficient (Wildman–Crippen LogP) is 8.40. The zero-order valence-electron chi connectivity index (χ0n) is 20.1. The fourth-order valence-electron chi connectivity index (χ4n) is 3.05. The SMILES string of the molecule is C/C=C\C(Cc1cccc(C)c1)=C(/CC)CN(C)c1ccccc1.CC.CCC. The summed E-state index contributed by atoms with van der Waals surface area (Å²) in [6.45, 7) is 15.7. The molecular weight excluding hydrogens is 350 g/mol. The molecule has 160 valence electrons. The van der Waals surface area contributed by atoms with Crippen LogP contribution in [-0.2, 0) is 6.42 Å². The first-order chi connectivity index (χ1) is 14.0. The zero-order chi connectivity index (χ0) is 22.1. The second kappa shape index (κ2) is 16.7. The van der Waals surface area contributed by atoms with Crippen molar-refractivity contribution in [2.45, 2.75) is 67.7 Å². The maximum absolute atomic E-state index is 2.33. The minimum Gasteiger partial charge on any atom is -0.371 e. The van der Waals surface area contributed by atoms with Crippen LogP contribution in [0.3, 0.4) is 0 Å². The lowest BCUT2D eigenvalue weighted by atomic mass is 9.96. The van der Waals surface area contributed by atoms with Crippen LogP contribution in [0.5, 0.6) is 0 Å². The van der Waals surface area contributed by atoms with Gasteiger partial charge in [0.2, 0.25) is 0 Å². The summed E-state index contributed by atoms with van der Waals surface area (Å²) in [4.78, 5) is 2.33. The molecule has 2 aromatic rings. The van der Waals surface area contributed by atoms with Gasteiger partial charge in [0, 0.05) is 19.3 Å². The Hall–Kier alpha value is -2.28. The zero-order valence-corrected chi connectivity index (χ0v) is 20.1. The van der Waals surface area contributed by atoms with Crippen LogP contribution in [0.4, 0.5) is 5.69 Å². The third-order valence-corrected chi connectivity index (χ3v) is 4.35. The molecule has 0 spiro atoms. The number of likely N-dealkylation sites (N-methyl/N-ethyl adjacent to an activating group) is 1. The fraction of sp³-hybridized carbons (Fsp3) is 0.429. The molecule has 0 amide bonds. The van der Waals surface area contributed by atoms with Gasteiger partial charge in [0.15, 0.2) is 0 Å². The van der Waals surface area contributed by atoms with Crippen LogP contribution in [-0.4, -0.2) is 13.6 Å². The van der Waals surface area contributed by atoms with Crippen LogP contribution < -0.4 is 4.90 Å². The van der Waals surface area contributed by atoms with Gasteiger partial charge in [0.1, 0.15) is 0 Å². The highest BCUT2D eigenvalue weighted by Crippen LogP contribution is 2.21. The van der Waals surface area contributed by atoms with E-state index in [0.717, 1.165) is 19.4 Å². The molecular formula is C28H43N. The Balaban J connectivity index is 0.00000143. The van der Waals surface area contributed by atoms with Crippen molar-refractivity contribution in [1.29, 1.82) is 0 Å². The molecule has 0 saturated carbocycles. The second-order valence-corrected chi connectivity index (χ2v) is 7.05. The smallest absolute Gasteiger partial charge is 0.0391 e. The lowest BCUT2D eigenvalue weighted by Gasteiger charge is -2.22. The summed E-state index contributed by atoms with van der Waals surface area (Å²) >= 11 is 0. The molecule has 0 bridgehead atoms. The molecule has 0 saturated heterocycles. The van der Waals surface area contributed by atoms with Crippen LogP contribution in [0.1, 0.15) is 65.5 Å². The van der Waals surface area contributed by atoms with Gasteiger partial charge in [0.25, 0.3) is 0 Å². The van der Waals surface area contributed by atoms with Crippen molar-refractivity contribution in [3.63, 3.8) is 0 Å². The average molecular weight is 394 g/mol. The number of benzene rings is 2. The van der Waals surface area contributed by atoms with Crippen LogP contribution in [0.15, 0.2) is 77.9 Å². The number of para-hydroxylation sites is 1. The Bertz CT molecular complexity index is 710. The van der Waals surface area contributed by atoms with Gasteiger partial charge in [-0.2, -0.15) is 0 Å². The van der Waals surface area contributed by atoms with E-state index in [-0.39, 0.29) is 0 Å². The number of anilines is 1. The molecule has 2 rings (SSSR count). The van der Waals surface area contributed by atoms with Gasteiger partial charge in [-0.3, -0.25) is 0 Å². The minimum absolute atomic E-state index is 0.964. The molecule has 0 aliphatic heterocycles. The maximum Gasteiger partial charge on any atom is 0.0391 e. The Kier molecular flexibility index (Phi) is 15.3. The Morgan fingerprint density at radius 1 is 0.931 bits per heavy atom. The fourth-order valence-corrected chi connectivity index (χ4v) is 3.05. The lowest BCUT2D eigenvalue weighted by Crippen LogP contribution is -2.21. The van der Waals surface area contributed by atoms with Crippen molar-refractivity contribution < 1.29 is 0 Å². The molecule has 0 aliphatic carbocycles. The molecule has 0 radical (unpaired) electrons. The molecule has 2 aromatic carbocycles. The van der Waals surface area contributed by atoms with Gasteiger partial charge in [-0.25, -0.2) is 0 Å². The van der Waals surface area contributed by atoms with Crippen LogP contribution in [0, 0.1) is 6.92 Å². The summed E-state index contributed by atoms with van der Waals surface area (Å²) in [7, 11) is 2.17. The molecule has 0 atom stereocenters. The first-order valence-corrected chi connectivity index (χ1v) is 11.2. The second-order valence-electron chi connectivity index (χ2n) is 7.05. The highest BCUT2D eigenvalue weighted by Gasteiger charge is 2.08. The Labute approximate surface area is 181 Å². The van der Waals surface area contributed by atoms with Crippen LogP contribution >= 0.6 is 0 Å². The predicted molar refractivity (Wildman–Crippen MR) is 134 cm³/mol. The van der Waals surface area contributed by atoms with Gasteiger partial charge in [-0.15, -0.1) is 0 Å². The lowest BCUT2D eigenvalue weighted by molar-refractivity contribution is 0.901. The van der Waals surface area contributed by atoms with E-state index in [9.17, 15) is 0 Å². The van der Waals surface area contributed by atoms with E-state index >= 15 is 0 Å². The van der Waals surface area contributed by atoms with Gasteiger partial charge in [0.05, 0.1) is 0 Å². The van der Waals surface area contributed by atoms with Crippen molar-refractivity contribution in [3.8, 4) is 0 Å². The molecule has 0 fully saturated rings. The normalized spacial score (nSPS) is 11.0. The van der Waals surface area contributed by atoms with Gasteiger partial charge in [-0.05, 0) is 55.5 Å². The standard InChI is InChI=1S/C23H29N.C3H8.C2H6/c1-5-11-22(17-20-13-10-12-19(3)16-20)21(6-2)18-24(4)23-14-8-7-9-15-23;1-3-2;1-2/h5,7-16H,6,17-18H2,1-4H3;3H2,1-2H3;1-2H3/b11-5-,22-21-;;. The van der Waals surface area contributed by atoms with Gasteiger partial charge in [-0.1, -0.05) is 101 Å². The number of nitrogens with zero attached hydrogens (tertiary/aromatic N) is 1. The topological polar surface area (TPSA) is 3.24 Å². The van der Waals surface area contributed by atoms with E-state index < -0.39 is 0 Å². The minimum atomic E-state index is 0.964. The molecule has 29 heavy (non-hydrogen) atoms. The van der Waals surface area contributed by atoms with E-state index in [2.05, 4.69) is 113 Å². The summed E-state index contributed by atoms with van der Waals surface area (Å²) in [5.41, 5.74) is 6.91. The third-order valence-electron chi connectivity index (χ3n) is 4.35. The monoisotopic (exact) mass is 393 g/mol. The number of hydrogen-bond acceptors (Lipinski definition) is 1. The van der Waals surface area contributed by atoms with Gasteiger partial charge >= 0.3 is 0 Å². The maximum atomic E-state index is 2.33. The van der Waals surface area contributed by atoms with Crippen molar-refractivity contribution >= 4 is 5.69 Å². The van der Waals surface area contributed by atoms with Gasteiger partial charge < -0.3 is 4.90 Å². The van der Waals surface area contributed by atoms with E-state index in [4.69, 9.17) is 0 Å². The number of rotatable bonds is 7. The molecule has 1 heteroatoms. The van der Waals surface area contributed by atoms with Crippen molar-refractivity contribution in [2.24, 2.45) is 0 Å². The highest BCUT2D eigenvalue weighted by atomic mass is 15.1. The van der Waals surface area contributed by atoms with E-state index in [1.807, 2.05) is 13.8 Å². The highest BCUT2D eigenvalue weighted by molar-refractivity contribution is 5.47. The summed E-state index contributed by atoms with van der Waals surface area (Å²) in [5, 5.41) is 0. The van der Waals surface area contributed by atoms with Crippen molar-refractivity contribution in [1.82, 2.24) is 0 Å². The summed E-state index contributed by atoms with van der Waals surface area (Å²) < 4.78 is 0. The first-order valence-electron chi connectivity index (χ1n) is 11.2. The molecule has 0 unspecified atom stereocenters. The molecule has 0 N–H and O–H groups in total. The molecule has 0 heterocycles. The van der Waals surface area contributed by atoms with E-state index in [1.54, 1.807) is 0 Å². The largest absolute Gasteiger partial charge is 0.371 e. The Morgan fingerprint density at radius 3 is 2.07 bits per heavy atom. The number of hydrogen-bond donors (Lipinski definition) is 0. The Morgan fingerprint density at radius 2 is 1.55 bits per heavy atom. The number of aryl methyl sites for hydroxylation is 1. The van der Waals surface area contributed by atoms with E-state index in [0.29, 0.717) is 0 Å². The van der Waals surface area contributed by atoms with Crippen molar-refractivity contribution in [2.75, 3.05) is 18.5 Å². The molecule has 0 aromatic heterocycles. The van der Waals surface area contributed by atoms with Crippen LogP contribution in [0.25, 0.3) is 0 Å². The average Bonchev–Trinajstić information content (AvgIpc) is 2.74. The summed E-state index contributed by atoms with van der Waals surface area (Å²) in [6, 6.07) is 19.4. The van der Waals surface area contributed by atoms with Crippen LogP contribution in [0.2, 0.25) is 0 Å². The first kappa shape index (κ1) is 26.7. The van der Waals surface area contributed by atoms with Crippen molar-refractivity contribution in [3.05, 3.63) is 89.0 Å². The molecule has 0 aliphatic rings.